The van der Waals surface area contributed by atoms with Crippen molar-refractivity contribution < 1.29 is 4.74 Å². The van der Waals surface area contributed by atoms with Gasteiger partial charge in [-0.05, 0) is 17.2 Å². The van der Waals surface area contributed by atoms with Crippen LogP contribution in [0.15, 0.2) is 24.5 Å². The molecule has 0 fully saturated rings. The molecule has 1 aromatic carbocycles. The van der Waals surface area contributed by atoms with Crippen molar-refractivity contribution in [2.75, 3.05) is 6.61 Å². The summed E-state index contributed by atoms with van der Waals surface area (Å²) in [6.07, 6.45) is 2.73. The molecule has 0 saturated carbocycles. The zero-order chi connectivity index (χ0) is 12.4. The van der Waals surface area contributed by atoms with Gasteiger partial charge in [0.2, 0.25) is 0 Å². The SMILES string of the molecule is Cn1cnnc1CNCc1ccc2c(c1)CCO2. The summed E-state index contributed by atoms with van der Waals surface area (Å²) < 4.78 is 7.41. The molecule has 0 bridgehead atoms. The number of aryl methyl sites for hydroxylation is 1. The second-order valence-electron chi connectivity index (χ2n) is 4.50. The van der Waals surface area contributed by atoms with Gasteiger partial charge in [0.15, 0.2) is 0 Å². The van der Waals surface area contributed by atoms with E-state index in [9.17, 15) is 0 Å². The predicted octanol–water partition coefficient (Wildman–Crippen LogP) is 1.04. The van der Waals surface area contributed by atoms with Gasteiger partial charge in [-0.3, -0.25) is 0 Å². The van der Waals surface area contributed by atoms with Gasteiger partial charge in [-0.2, -0.15) is 0 Å². The first-order chi connectivity index (χ1) is 8.83. The third kappa shape index (κ3) is 2.22. The molecule has 0 atom stereocenters. The van der Waals surface area contributed by atoms with E-state index in [-0.39, 0.29) is 0 Å². The second-order valence-corrected chi connectivity index (χ2v) is 4.50. The van der Waals surface area contributed by atoms with Crippen LogP contribution in [-0.4, -0.2) is 21.4 Å². The van der Waals surface area contributed by atoms with Gasteiger partial charge in [0.05, 0.1) is 13.2 Å². The van der Waals surface area contributed by atoms with Crippen molar-refractivity contribution in [1.29, 1.82) is 0 Å². The molecular formula is C13H16N4O. The Bertz CT molecular complexity index is 550. The predicted molar refractivity (Wildman–Crippen MR) is 67.2 cm³/mol. The number of hydrogen-bond donors (Lipinski definition) is 1. The molecule has 1 aliphatic rings. The molecule has 1 aliphatic heterocycles. The highest BCUT2D eigenvalue weighted by Gasteiger charge is 2.11. The van der Waals surface area contributed by atoms with E-state index in [1.807, 2.05) is 11.6 Å². The second kappa shape index (κ2) is 4.78. The van der Waals surface area contributed by atoms with Crippen LogP contribution in [0.3, 0.4) is 0 Å². The van der Waals surface area contributed by atoms with Crippen molar-refractivity contribution >= 4 is 0 Å². The van der Waals surface area contributed by atoms with Crippen LogP contribution >= 0.6 is 0 Å². The Morgan fingerprint density at radius 1 is 1.39 bits per heavy atom. The maximum absolute atomic E-state index is 5.49. The minimum absolute atomic E-state index is 0.726. The van der Waals surface area contributed by atoms with Gasteiger partial charge in [-0.1, -0.05) is 12.1 Å². The lowest BCUT2D eigenvalue weighted by Crippen LogP contribution is -2.15. The van der Waals surface area contributed by atoms with Gasteiger partial charge in [0.1, 0.15) is 17.9 Å². The van der Waals surface area contributed by atoms with E-state index in [4.69, 9.17) is 4.74 Å². The molecule has 0 amide bonds. The van der Waals surface area contributed by atoms with Crippen molar-refractivity contribution in [3.63, 3.8) is 0 Å². The average Bonchev–Trinajstić information content (AvgIpc) is 2.98. The third-order valence-electron chi connectivity index (χ3n) is 3.17. The highest BCUT2D eigenvalue weighted by Crippen LogP contribution is 2.25. The lowest BCUT2D eigenvalue weighted by Gasteiger charge is -2.06. The Morgan fingerprint density at radius 2 is 2.33 bits per heavy atom. The van der Waals surface area contributed by atoms with Crippen molar-refractivity contribution in [2.24, 2.45) is 7.05 Å². The molecule has 0 unspecified atom stereocenters. The van der Waals surface area contributed by atoms with E-state index in [1.165, 1.54) is 11.1 Å². The van der Waals surface area contributed by atoms with Gasteiger partial charge >= 0.3 is 0 Å². The number of nitrogens with one attached hydrogen (secondary N) is 1. The minimum Gasteiger partial charge on any atom is -0.493 e. The van der Waals surface area contributed by atoms with Gasteiger partial charge in [-0.15, -0.1) is 10.2 Å². The Hall–Kier alpha value is -1.88. The van der Waals surface area contributed by atoms with Crippen molar-refractivity contribution in [2.45, 2.75) is 19.5 Å². The molecule has 0 aliphatic carbocycles. The largest absolute Gasteiger partial charge is 0.493 e. The van der Waals surface area contributed by atoms with Crippen LogP contribution in [0.5, 0.6) is 5.75 Å². The topological polar surface area (TPSA) is 52.0 Å². The molecular weight excluding hydrogens is 228 g/mol. The molecule has 0 radical (unpaired) electrons. The van der Waals surface area contributed by atoms with Crippen LogP contribution in [0.1, 0.15) is 17.0 Å². The number of benzene rings is 1. The van der Waals surface area contributed by atoms with E-state index >= 15 is 0 Å². The molecule has 3 rings (SSSR count). The highest BCUT2D eigenvalue weighted by molar-refractivity contribution is 5.39. The van der Waals surface area contributed by atoms with E-state index in [0.717, 1.165) is 37.7 Å². The van der Waals surface area contributed by atoms with Crippen LogP contribution in [0.4, 0.5) is 0 Å². The molecule has 5 heteroatoms. The number of nitrogens with zero attached hydrogens (tertiary/aromatic N) is 3. The van der Waals surface area contributed by atoms with E-state index in [0.29, 0.717) is 0 Å². The summed E-state index contributed by atoms with van der Waals surface area (Å²) in [5.74, 6) is 1.98. The zero-order valence-corrected chi connectivity index (χ0v) is 10.4. The van der Waals surface area contributed by atoms with Crippen molar-refractivity contribution in [3.05, 3.63) is 41.5 Å². The normalized spacial score (nSPS) is 13.4. The molecule has 0 spiro atoms. The number of ether oxygens (including phenoxy) is 1. The molecule has 1 aromatic heterocycles. The smallest absolute Gasteiger partial charge is 0.146 e. The summed E-state index contributed by atoms with van der Waals surface area (Å²) in [5, 5.41) is 11.3. The molecule has 5 nitrogen and oxygen atoms in total. The highest BCUT2D eigenvalue weighted by atomic mass is 16.5. The molecule has 0 saturated heterocycles. The zero-order valence-electron chi connectivity index (χ0n) is 10.4. The summed E-state index contributed by atoms with van der Waals surface area (Å²) in [6, 6.07) is 6.38. The fourth-order valence-corrected chi connectivity index (χ4v) is 2.14. The lowest BCUT2D eigenvalue weighted by molar-refractivity contribution is 0.357. The number of rotatable bonds is 4. The van der Waals surface area contributed by atoms with Gasteiger partial charge in [0.25, 0.3) is 0 Å². The van der Waals surface area contributed by atoms with Crippen molar-refractivity contribution in [1.82, 2.24) is 20.1 Å². The minimum atomic E-state index is 0.726. The summed E-state index contributed by atoms with van der Waals surface area (Å²) in [6.45, 7) is 2.37. The Labute approximate surface area is 106 Å². The maximum atomic E-state index is 5.49. The number of fused-ring (bicyclic) bond motifs is 1. The number of aromatic nitrogens is 3. The quantitative estimate of drug-likeness (QED) is 0.873. The average molecular weight is 244 g/mol. The number of hydrogen-bond acceptors (Lipinski definition) is 4. The molecule has 2 aromatic rings. The Balaban J connectivity index is 1.59. The van der Waals surface area contributed by atoms with Crippen LogP contribution < -0.4 is 10.1 Å². The van der Waals surface area contributed by atoms with E-state index in [1.54, 1.807) is 6.33 Å². The standard InChI is InChI=1S/C13H16N4O/c1-17-9-15-16-13(17)8-14-7-10-2-3-12-11(6-10)4-5-18-12/h2-3,6,9,14H,4-5,7-8H2,1H3. The first kappa shape index (κ1) is 11.2. The van der Waals surface area contributed by atoms with Gasteiger partial charge in [-0.25, -0.2) is 0 Å². The van der Waals surface area contributed by atoms with Crippen LogP contribution in [-0.2, 0) is 26.6 Å². The Kier molecular flexibility index (Phi) is 2.98. The van der Waals surface area contributed by atoms with E-state index < -0.39 is 0 Å². The molecule has 18 heavy (non-hydrogen) atoms. The first-order valence-corrected chi connectivity index (χ1v) is 6.11. The van der Waals surface area contributed by atoms with Crippen LogP contribution in [0.25, 0.3) is 0 Å². The van der Waals surface area contributed by atoms with Gasteiger partial charge in [0, 0.05) is 20.0 Å². The summed E-state index contributed by atoms with van der Waals surface area (Å²) >= 11 is 0. The summed E-state index contributed by atoms with van der Waals surface area (Å²) in [7, 11) is 1.95. The molecule has 2 heterocycles. The maximum Gasteiger partial charge on any atom is 0.146 e. The monoisotopic (exact) mass is 244 g/mol. The first-order valence-electron chi connectivity index (χ1n) is 6.11. The molecule has 1 N–H and O–H groups in total. The lowest BCUT2D eigenvalue weighted by atomic mass is 10.1. The van der Waals surface area contributed by atoms with E-state index in [2.05, 4.69) is 33.7 Å². The van der Waals surface area contributed by atoms with Gasteiger partial charge < -0.3 is 14.6 Å². The van der Waals surface area contributed by atoms with Crippen LogP contribution in [0, 0.1) is 0 Å². The molecule has 94 valence electrons. The fourth-order valence-electron chi connectivity index (χ4n) is 2.14. The summed E-state index contributed by atoms with van der Waals surface area (Å²) in [4.78, 5) is 0. The van der Waals surface area contributed by atoms with Crippen molar-refractivity contribution in [3.8, 4) is 5.75 Å². The Morgan fingerprint density at radius 3 is 3.17 bits per heavy atom. The summed E-state index contributed by atoms with van der Waals surface area (Å²) in [5.41, 5.74) is 2.59. The fraction of sp³-hybridized carbons (Fsp3) is 0.385. The van der Waals surface area contributed by atoms with Crippen LogP contribution in [0.2, 0.25) is 0 Å². The third-order valence-corrected chi connectivity index (χ3v) is 3.17.